The Labute approximate surface area is 112 Å². The van der Waals surface area contributed by atoms with Gasteiger partial charge in [0.05, 0.1) is 19.5 Å². The maximum atomic E-state index is 10.1. The Bertz CT molecular complexity index is 727. The summed E-state index contributed by atoms with van der Waals surface area (Å²) < 4.78 is 12.7. The fraction of sp³-hybridized carbons (Fsp3) is 0.545. The van der Waals surface area contributed by atoms with E-state index in [1.165, 1.54) is 17.2 Å². The number of hydrogen-bond acceptors (Lipinski definition) is 7. The zero-order chi connectivity index (χ0) is 13.9. The van der Waals surface area contributed by atoms with E-state index in [1.807, 2.05) is 0 Å². The Hall–Kier alpha value is -1.81. The van der Waals surface area contributed by atoms with Gasteiger partial charge < -0.3 is 24.7 Å². The van der Waals surface area contributed by atoms with E-state index in [9.17, 15) is 10.2 Å². The van der Waals surface area contributed by atoms with Crippen LogP contribution in [0.15, 0.2) is 12.7 Å². The molecule has 2 fully saturated rings. The van der Waals surface area contributed by atoms with Gasteiger partial charge in [0, 0.05) is 0 Å². The number of H-pyrrole nitrogens is 1. The van der Waals surface area contributed by atoms with Crippen molar-refractivity contribution in [2.45, 2.75) is 24.0 Å². The second-order valence-corrected chi connectivity index (χ2v) is 5.05. The maximum absolute atomic E-state index is 10.1. The molecule has 0 aromatic carbocycles. The highest BCUT2D eigenvalue weighted by molar-refractivity contribution is 5.67. The highest BCUT2D eigenvalue weighted by atomic mass is 16.7. The first-order valence-corrected chi connectivity index (χ1v) is 6.19. The fourth-order valence-electron chi connectivity index (χ4n) is 2.81. The van der Waals surface area contributed by atoms with Crippen LogP contribution in [0.1, 0.15) is 6.23 Å². The molecule has 0 aliphatic carbocycles. The quantitative estimate of drug-likeness (QED) is 0.516. The van der Waals surface area contributed by atoms with Crippen molar-refractivity contribution in [1.82, 2.24) is 19.5 Å². The van der Waals surface area contributed by atoms with Crippen LogP contribution < -0.4 is 5.49 Å². The predicted molar refractivity (Wildman–Crippen MR) is 63.4 cm³/mol. The number of aromatic amines is 1. The van der Waals surface area contributed by atoms with Gasteiger partial charge >= 0.3 is 0 Å². The molecule has 2 bridgehead atoms. The zero-order valence-electron chi connectivity index (χ0n) is 10.4. The highest BCUT2D eigenvalue weighted by Crippen LogP contribution is 2.44. The molecule has 4 rings (SSSR count). The topological polar surface area (TPSA) is 129 Å². The Morgan fingerprint density at radius 2 is 2.40 bits per heavy atom. The van der Waals surface area contributed by atoms with Gasteiger partial charge in [-0.15, -0.1) is 0 Å². The van der Waals surface area contributed by atoms with E-state index in [0.717, 1.165) is 0 Å². The Morgan fingerprint density at radius 1 is 1.55 bits per heavy atom. The van der Waals surface area contributed by atoms with Crippen LogP contribution in [-0.4, -0.2) is 60.8 Å². The molecule has 2 aliphatic heterocycles. The molecule has 20 heavy (non-hydrogen) atoms. The van der Waals surface area contributed by atoms with Crippen molar-refractivity contribution in [3.63, 3.8) is 0 Å². The van der Waals surface area contributed by atoms with Gasteiger partial charge in [-0.05, 0) is 0 Å². The number of hydrogen-bond donors (Lipinski definition) is 4. The normalized spacial score (nSPS) is 36.0. The molecule has 0 saturated carbocycles. The minimum Gasteiger partial charge on any atom is -0.393 e. The second kappa shape index (κ2) is 3.85. The lowest BCUT2D eigenvalue weighted by Gasteiger charge is -2.29. The molecule has 0 spiro atoms. The molecule has 2 aromatic rings. The van der Waals surface area contributed by atoms with Crippen molar-refractivity contribution in [2.24, 2.45) is 0 Å². The van der Waals surface area contributed by atoms with Crippen molar-refractivity contribution < 1.29 is 19.7 Å². The largest absolute Gasteiger partial charge is 0.393 e. The summed E-state index contributed by atoms with van der Waals surface area (Å²) in [6.45, 7) is -0.200. The second-order valence-electron chi connectivity index (χ2n) is 5.05. The summed E-state index contributed by atoms with van der Waals surface area (Å²) in [6, 6.07) is 0. The van der Waals surface area contributed by atoms with Crippen molar-refractivity contribution in [3.8, 4) is 0 Å². The number of ether oxygens (including phenoxy) is 2. The van der Waals surface area contributed by atoms with E-state index in [1.54, 1.807) is 0 Å². The number of imidazole rings is 1. The lowest BCUT2D eigenvalue weighted by Crippen LogP contribution is -2.44. The maximum Gasteiger partial charge on any atom is 0.182 e. The van der Waals surface area contributed by atoms with Crippen LogP contribution in [0.4, 0.5) is 0 Å². The Morgan fingerprint density at radius 3 is 3.15 bits per heavy atom. The van der Waals surface area contributed by atoms with E-state index in [-0.39, 0.29) is 18.7 Å². The molecular weight excluding hydrogens is 266 g/mol. The zero-order valence-corrected chi connectivity index (χ0v) is 10.4. The minimum atomic E-state index is -1.11. The van der Waals surface area contributed by atoms with Crippen LogP contribution in [0.2, 0.25) is 0 Å². The molecule has 4 heterocycles. The summed E-state index contributed by atoms with van der Waals surface area (Å²) in [5, 5.41) is 27.7. The average molecular weight is 279 g/mol. The minimum absolute atomic E-state index is 0.133. The summed E-state index contributed by atoms with van der Waals surface area (Å²) in [7, 11) is 0. The van der Waals surface area contributed by atoms with Gasteiger partial charge in [-0.2, -0.15) is 0 Å². The van der Waals surface area contributed by atoms with E-state index in [0.29, 0.717) is 11.2 Å². The van der Waals surface area contributed by atoms with E-state index in [2.05, 4.69) is 15.0 Å². The molecule has 4 atom stereocenters. The molecule has 2 aromatic heterocycles. The van der Waals surface area contributed by atoms with Gasteiger partial charge in [0.1, 0.15) is 29.7 Å². The number of nitrogens with zero attached hydrogens (tertiary/aromatic N) is 3. The lowest BCUT2D eigenvalue weighted by atomic mass is 10.0. The molecule has 2 aliphatic rings. The molecule has 9 heteroatoms. The van der Waals surface area contributed by atoms with Crippen LogP contribution in [-0.2, 0) is 9.47 Å². The smallest absolute Gasteiger partial charge is 0.182 e. The van der Waals surface area contributed by atoms with Crippen LogP contribution in [0, 0.1) is 5.41 Å². The number of fused-ring (bicyclic) bond motifs is 3. The van der Waals surface area contributed by atoms with Crippen LogP contribution in [0.25, 0.3) is 11.2 Å². The summed E-state index contributed by atoms with van der Waals surface area (Å²) in [6.07, 6.45) is 0.638. The fourth-order valence-corrected chi connectivity index (χ4v) is 2.81. The molecule has 0 amide bonds. The first kappa shape index (κ1) is 12.0. The predicted octanol–water partition coefficient (Wildman–Crippen LogP) is -1.74. The number of rotatable bonds is 2. The Balaban J connectivity index is 1.81. The number of aliphatic hydroxyl groups excluding tert-OH is 2. The van der Waals surface area contributed by atoms with Crippen molar-refractivity contribution in [2.75, 3.05) is 13.2 Å². The van der Waals surface area contributed by atoms with Crippen molar-refractivity contribution in [3.05, 3.63) is 18.1 Å². The third-order valence-corrected chi connectivity index (χ3v) is 3.97. The van der Waals surface area contributed by atoms with Crippen molar-refractivity contribution in [1.29, 1.82) is 5.41 Å². The van der Waals surface area contributed by atoms with Gasteiger partial charge in [0.2, 0.25) is 0 Å². The molecule has 0 radical (unpaired) electrons. The van der Waals surface area contributed by atoms with E-state index in [4.69, 9.17) is 14.9 Å². The number of aromatic nitrogens is 4. The van der Waals surface area contributed by atoms with E-state index < -0.39 is 24.0 Å². The third-order valence-electron chi connectivity index (χ3n) is 3.97. The third kappa shape index (κ3) is 1.32. The van der Waals surface area contributed by atoms with E-state index >= 15 is 0 Å². The molecule has 106 valence electrons. The first-order valence-electron chi connectivity index (χ1n) is 6.19. The number of aliphatic hydroxyl groups is 2. The molecule has 9 nitrogen and oxygen atoms in total. The van der Waals surface area contributed by atoms with Gasteiger partial charge in [-0.3, -0.25) is 9.98 Å². The Kier molecular flexibility index (Phi) is 2.31. The molecule has 2 saturated heterocycles. The van der Waals surface area contributed by atoms with Crippen LogP contribution in [0.5, 0.6) is 0 Å². The first-order chi connectivity index (χ1) is 9.66. The SMILES string of the molecule is N=c1c2[nH]cnc2ncn1[C@@H]1O[C@@]2(CO)CO[C@@H]1[C@H]2O. The summed E-state index contributed by atoms with van der Waals surface area (Å²) in [5.41, 5.74) is -0.0642. The lowest BCUT2D eigenvalue weighted by molar-refractivity contribution is -0.187. The van der Waals surface area contributed by atoms with Gasteiger partial charge in [-0.1, -0.05) is 0 Å². The van der Waals surface area contributed by atoms with Gasteiger partial charge in [0.15, 0.2) is 17.4 Å². The summed E-state index contributed by atoms with van der Waals surface area (Å²) >= 11 is 0. The monoisotopic (exact) mass is 279 g/mol. The van der Waals surface area contributed by atoms with Crippen LogP contribution >= 0.6 is 0 Å². The highest BCUT2D eigenvalue weighted by Gasteiger charge is 2.61. The summed E-state index contributed by atoms with van der Waals surface area (Å²) in [5.74, 6) is 0. The molecular formula is C11H13N5O4. The molecule has 4 N–H and O–H groups in total. The molecule has 0 unspecified atom stereocenters. The number of nitrogens with one attached hydrogen (secondary N) is 2. The summed E-state index contributed by atoms with van der Waals surface area (Å²) in [4.78, 5) is 10.9. The van der Waals surface area contributed by atoms with Gasteiger partial charge in [-0.25, -0.2) is 9.97 Å². The average Bonchev–Trinajstić information content (AvgIpc) is 3.13. The van der Waals surface area contributed by atoms with Crippen LogP contribution in [0.3, 0.4) is 0 Å². The van der Waals surface area contributed by atoms with Crippen molar-refractivity contribution >= 4 is 11.2 Å². The van der Waals surface area contributed by atoms with Gasteiger partial charge in [0.25, 0.3) is 0 Å². The standard InChI is InChI=1S/C11H13N5O4/c12-8-5-9(14-3-13-5)15-4-16(8)10-6-7(18)11(1-17,20-10)2-19-6/h3-4,6-7,10,12,17-18H,1-2H2,(H,13,14)/t6-,7-,10-,11+/m1/s1.